The van der Waals surface area contributed by atoms with Gasteiger partial charge in [-0.2, -0.15) is 39.5 Å². The lowest BCUT2D eigenvalue weighted by Crippen LogP contribution is -2.44. The molecule has 1 aromatic rings. The molecule has 0 aliphatic carbocycles. The largest absolute Gasteiger partial charge is 0.859 e. The maximum atomic E-state index is 12.9. The first-order valence-electron chi connectivity index (χ1n) is 6.64. The molecule has 1 aromatic carbocycles. The van der Waals surface area contributed by atoms with Crippen molar-refractivity contribution in [1.29, 1.82) is 0 Å². The molecular weight excluding hydrogens is 421 g/mol. The van der Waals surface area contributed by atoms with Crippen LogP contribution in [0, 0.1) is 0 Å². The van der Waals surface area contributed by atoms with Crippen LogP contribution in [0.1, 0.15) is 11.1 Å². The number of hydrogen-bond donors (Lipinski definition) is 2. The van der Waals surface area contributed by atoms with Crippen molar-refractivity contribution >= 4 is 23.2 Å². The van der Waals surface area contributed by atoms with Gasteiger partial charge in [-0.1, -0.05) is 11.6 Å². The van der Waals surface area contributed by atoms with E-state index in [2.05, 4.69) is 4.99 Å². The topological polar surface area (TPSA) is 59.5 Å². The summed E-state index contributed by atoms with van der Waals surface area (Å²) in [6.45, 7) is 0. The van der Waals surface area contributed by atoms with Crippen LogP contribution in [0.4, 0.5) is 45.2 Å². The Morgan fingerprint density at radius 3 is 2.04 bits per heavy atom. The smallest absolute Gasteiger partial charge is 0.431 e. The molecule has 1 aliphatic heterocycles. The first-order chi connectivity index (χ1) is 12.1. The van der Waals surface area contributed by atoms with Gasteiger partial charge in [-0.15, -0.1) is 0 Å². The van der Waals surface area contributed by atoms with Gasteiger partial charge in [-0.25, -0.2) is 0 Å². The number of alkyl halides is 9. The van der Waals surface area contributed by atoms with Crippen LogP contribution in [0.15, 0.2) is 28.9 Å². The first kappa shape index (κ1) is 21.0. The van der Waals surface area contributed by atoms with Crippen LogP contribution in [-0.2, 0) is 12.4 Å². The molecule has 0 bridgehead atoms. The van der Waals surface area contributed by atoms with Gasteiger partial charge in [0.1, 0.15) is 5.70 Å². The third-order valence-electron chi connectivity index (χ3n) is 3.12. The lowest BCUT2D eigenvalue weighted by Gasteiger charge is -2.28. The van der Waals surface area contributed by atoms with E-state index in [0.29, 0.717) is 0 Å². The maximum Gasteiger partial charge on any atom is 0.431 e. The van der Waals surface area contributed by atoms with Gasteiger partial charge in [-0.3, -0.25) is 4.99 Å². The van der Waals surface area contributed by atoms with E-state index in [1.807, 2.05) is 5.32 Å². The van der Waals surface area contributed by atoms with E-state index in [-0.39, 0.29) is 18.2 Å². The molecule has 0 fully saturated rings. The summed E-state index contributed by atoms with van der Waals surface area (Å²) in [5.41, 5.74) is -6.22. The number of rotatable bonds is 2. The summed E-state index contributed by atoms with van der Waals surface area (Å²) in [5, 5.41) is 13.5. The minimum atomic E-state index is -5.28. The molecule has 1 atom stereocenters. The zero-order valence-electron chi connectivity index (χ0n) is 12.4. The first-order valence-corrected chi connectivity index (χ1v) is 7.01. The van der Waals surface area contributed by atoms with Crippen molar-refractivity contribution in [1.82, 2.24) is 5.32 Å². The normalized spacial score (nSPS) is 18.5. The van der Waals surface area contributed by atoms with Crippen molar-refractivity contribution in [3.63, 3.8) is 0 Å². The second-order valence-corrected chi connectivity index (χ2v) is 5.47. The van der Waals surface area contributed by atoms with E-state index in [0.717, 1.165) is 0 Å². The zero-order valence-corrected chi connectivity index (χ0v) is 13.2. The van der Waals surface area contributed by atoms with Gasteiger partial charge < -0.3 is 15.7 Å². The van der Waals surface area contributed by atoms with Gasteiger partial charge in [0, 0.05) is 0 Å². The van der Waals surface area contributed by atoms with Gasteiger partial charge in [-0.05, 0) is 24.1 Å². The molecular formula is C13H6ClF9N3O-. The standard InChI is InChI=1S/C13H7ClF9N3O/c14-9-5(12(18,19)20)1-4(11(15,16)17)2-6(9)24-10-25-7(13(21,22)23)3-8(27)26-10/h1-3,10,24-25H,(H,26,27)/p-1. The van der Waals surface area contributed by atoms with Crippen molar-refractivity contribution in [2.24, 2.45) is 4.99 Å². The van der Waals surface area contributed by atoms with Gasteiger partial charge >= 0.3 is 18.5 Å². The van der Waals surface area contributed by atoms with E-state index >= 15 is 0 Å². The molecule has 0 saturated heterocycles. The highest BCUT2D eigenvalue weighted by molar-refractivity contribution is 6.34. The highest BCUT2D eigenvalue weighted by atomic mass is 35.5. The summed E-state index contributed by atoms with van der Waals surface area (Å²) in [7, 11) is 0. The van der Waals surface area contributed by atoms with Crippen molar-refractivity contribution in [3.8, 4) is 0 Å². The lowest BCUT2D eigenvalue weighted by atomic mass is 10.1. The summed E-state index contributed by atoms with van der Waals surface area (Å²) < 4.78 is 115. The second kappa shape index (κ2) is 6.69. The second-order valence-electron chi connectivity index (χ2n) is 5.10. The Kier molecular flexibility index (Phi) is 5.20. The number of aliphatic imine (C=N–C) groups is 1. The number of halogens is 10. The molecule has 1 unspecified atom stereocenters. The number of nitrogens with zero attached hydrogens (tertiary/aromatic N) is 1. The fourth-order valence-electron chi connectivity index (χ4n) is 1.99. The molecule has 0 saturated carbocycles. The Morgan fingerprint density at radius 1 is 0.963 bits per heavy atom. The molecule has 0 spiro atoms. The highest BCUT2D eigenvalue weighted by Crippen LogP contribution is 2.43. The minimum Gasteiger partial charge on any atom is -0.859 e. The summed E-state index contributed by atoms with van der Waals surface area (Å²) in [6, 6.07) is -0.0873. The number of allylic oxidation sites excluding steroid dienone is 1. The van der Waals surface area contributed by atoms with Crippen molar-refractivity contribution in [2.45, 2.75) is 24.8 Å². The Hall–Kier alpha value is -2.31. The van der Waals surface area contributed by atoms with Crippen LogP contribution in [0.25, 0.3) is 0 Å². The third kappa shape index (κ3) is 4.90. The average molecular weight is 427 g/mol. The van der Waals surface area contributed by atoms with Crippen LogP contribution in [0.5, 0.6) is 0 Å². The van der Waals surface area contributed by atoms with E-state index < -0.39 is 58.3 Å². The van der Waals surface area contributed by atoms with E-state index in [1.165, 1.54) is 0 Å². The Balaban J connectivity index is 2.46. The van der Waals surface area contributed by atoms with Crippen LogP contribution in [0.2, 0.25) is 5.02 Å². The van der Waals surface area contributed by atoms with Crippen LogP contribution < -0.4 is 15.7 Å². The lowest BCUT2D eigenvalue weighted by molar-refractivity contribution is -0.213. The van der Waals surface area contributed by atoms with Gasteiger partial charge in [0.05, 0.1) is 21.8 Å². The van der Waals surface area contributed by atoms with Gasteiger partial charge in [0.25, 0.3) is 0 Å². The Labute approximate surface area is 149 Å². The maximum absolute atomic E-state index is 12.9. The number of anilines is 1. The molecule has 1 heterocycles. The number of hydrogen-bond acceptors (Lipinski definition) is 4. The highest BCUT2D eigenvalue weighted by Gasteiger charge is 2.40. The number of benzene rings is 1. The molecule has 14 heteroatoms. The summed E-state index contributed by atoms with van der Waals surface area (Å²) >= 11 is 5.46. The molecule has 4 nitrogen and oxygen atoms in total. The van der Waals surface area contributed by atoms with Crippen LogP contribution in [0.3, 0.4) is 0 Å². The van der Waals surface area contributed by atoms with Crippen molar-refractivity contribution < 1.29 is 44.6 Å². The van der Waals surface area contributed by atoms with E-state index in [9.17, 15) is 44.6 Å². The van der Waals surface area contributed by atoms with E-state index in [4.69, 9.17) is 11.6 Å². The molecule has 150 valence electrons. The molecule has 1 aliphatic rings. The SMILES string of the molecule is [O-]C1=NC(Nc2cc(C(F)(F)F)cc(C(F)(F)F)c2Cl)NC(C(F)(F)F)=C1. The third-order valence-corrected chi connectivity index (χ3v) is 3.53. The van der Waals surface area contributed by atoms with Gasteiger partial charge in [0.2, 0.25) is 0 Å². The zero-order chi connectivity index (χ0) is 20.8. The average Bonchev–Trinajstić information content (AvgIpc) is 2.45. The van der Waals surface area contributed by atoms with Crippen molar-refractivity contribution in [2.75, 3.05) is 5.32 Å². The number of nitrogens with one attached hydrogen (secondary N) is 2. The monoisotopic (exact) mass is 426 g/mol. The quantitative estimate of drug-likeness (QED) is 0.706. The molecule has 0 radical (unpaired) electrons. The summed E-state index contributed by atoms with van der Waals surface area (Å²) in [6.07, 6.45) is -17.4. The van der Waals surface area contributed by atoms with E-state index in [1.54, 1.807) is 5.32 Å². The van der Waals surface area contributed by atoms with Crippen LogP contribution >= 0.6 is 11.6 Å². The van der Waals surface area contributed by atoms with Crippen LogP contribution in [-0.4, -0.2) is 18.4 Å². The fraction of sp³-hybridized carbons (Fsp3) is 0.308. The minimum absolute atomic E-state index is 0.0765. The Morgan fingerprint density at radius 2 is 1.56 bits per heavy atom. The molecule has 0 aromatic heterocycles. The molecule has 27 heavy (non-hydrogen) atoms. The Bertz CT molecular complexity index is 796. The molecule has 0 amide bonds. The predicted octanol–water partition coefficient (Wildman–Crippen LogP) is 3.88. The van der Waals surface area contributed by atoms with Gasteiger partial charge in [0.15, 0.2) is 6.29 Å². The fourth-order valence-corrected chi connectivity index (χ4v) is 2.26. The molecule has 2 N–H and O–H groups in total. The molecule has 2 rings (SSSR count). The predicted molar refractivity (Wildman–Crippen MR) is 73.6 cm³/mol. The summed E-state index contributed by atoms with van der Waals surface area (Å²) in [4.78, 5) is 3.11. The summed E-state index contributed by atoms with van der Waals surface area (Å²) in [5.74, 6) is -1.40. The van der Waals surface area contributed by atoms with Crippen molar-refractivity contribution in [3.05, 3.63) is 40.1 Å².